The van der Waals surface area contributed by atoms with E-state index in [0.717, 1.165) is 13.1 Å². The Bertz CT molecular complexity index is 436. The SMILES string of the molecule is CC(C)N1CCN(CC2CNCc3ccccc32)CC1. The van der Waals surface area contributed by atoms with E-state index >= 15 is 0 Å². The first-order chi connectivity index (χ1) is 9.74. The van der Waals surface area contributed by atoms with Gasteiger partial charge >= 0.3 is 0 Å². The fraction of sp³-hybridized carbons (Fsp3) is 0.647. The molecule has 1 saturated heterocycles. The summed E-state index contributed by atoms with van der Waals surface area (Å²) in [4.78, 5) is 5.23. The Morgan fingerprint density at radius 2 is 1.90 bits per heavy atom. The molecule has 0 bridgehead atoms. The minimum atomic E-state index is 0.658. The highest BCUT2D eigenvalue weighted by Crippen LogP contribution is 2.25. The highest BCUT2D eigenvalue weighted by Gasteiger charge is 2.24. The number of piperazine rings is 1. The maximum Gasteiger partial charge on any atom is 0.0208 e. The van der Waals surface area contributed by atoms with Crippen LogP contribution in [0.2, 0.25) is 0 Å². The van der Waals surface area contributed by atoms with Crippen LogP contribution in [0.25, 0.3) is 0 Å². The molecule has 1 aromatic carbocycles. The minimum absolute atomic E-state index is 0.658. The number of nitrogens with one attached hydrogen (secondary N) is 1. The Balaban J connectivity index is 1.60. The summed E-state index contributed by atoms with van der Waals surface area (Å²) in [5.74, 6) is 0.658. The van der Waals surface area contributed by atoms with E-state index in [2.05, 4.69) is 53.2 Å². The molecule has 1 fully saturated rings. The van der Waals surface area contributed by atoms with E-state index in [-0.39, 0.29) is 0 Å². The third kappa shape index (κ3) is 3.05. The maximum atomic E-state index is 3.57. The van der Waals surface area contributed by atoms with Crippen LogP contribution in [0.1, 0.15) is 30.9 Å². The van der Waals surface area contributed by atoms with Gasteiger partial charge in [-0.15, -0.1) is 0 Å². The van der Waals surface area contributed by atoms with E-state index in [1.807, 2.05) is 0 Å². The van der Waals surface area contributed by atoms with Gasteiger partial charge in [0.05, 0.1) is 0 Å². The summed E-state index contributed by atoms with van der Waals surface area (Å²) in [6, 6.07) is 9.63. The summed E-state index contributed by atoms with van der Waals surface area (Å²) in [5.41, 5.74) is 3.06. The van der Waals surface area contributed by atoms with Gasteiger partial charge in [0.15, 0.2) is 0 Å². The molecule has 2 heterocycles. The summed E-state index contributed by atoms with van der Waals surface area (Å²) in [5, 5.41) is 3.57. The van der Waals surface area contributed by atoms with Crippen molar-refractivity contribution in [3.8, 4) is 0 Å². The van der Waals surface area contributed by atoms with Crippen molar-refractivity contribution in [2.75, 3.05) is 39.3 Å². The van der Waals surface area contributed by atoms with Crippen LogP contribution in [0.4, 0.5) is 0 Å². The number of benzene rings is 1. The maximum absolute atomic E-state index is 3.57. The predicted molar refractivity (Wildman–Crippen MR) is 84.0 cm³/mol. The van der Waals surface area contributed by atoms with Gasteiger partial charge < -0.3 is 10.2 Å². The predicted octanol–water partition coefficient (Wildman–Crippen LogP) is 1.90. The minimum Gasteiger partial charge on any atom is -0.312 e. The van der Waals surface area contributed by atoms with Gasteiger partial charge in [-0.3, -0.25) is 4.90 Å². The van der Waals surface area contributed by atoms with Crippen molar-refractivity contribution < 1.29 is 0 Å². The van der Waals surface area contributed by atoms with Gasteiger partial charge in [0.2, 0.25) is 0 Å². The van der Waals surface area contributed by atoms with E-state index in [1.54, 1.807) is 5.56 Å². The second-order valence-electron chi connectivity index (χ2n) is 6.46. The van der Waals surface area contributed by atoms with Gasteiger partial charge in [0.1, 0.15) is 0 Å². The van der Waals surface area contributed by atoms with Crippen LogP contribution >= 0.6 is 0 Å². The van der Waals surface area contributed by atoms with Crippen molar-refractivity contribution >= 4 is 0 Å². The van der Waals surface area contributed by atoms with E-state index in [1.165, 1.54) is 38.3 Å². The first-order valence-electron chi connectivity index (χ1n) is 7.99. The second-order valence-corrected chi connectivity index (χ2v) is 6.46. The Morgan fingerprint density at radius 3 is 2.65 bits per heavy atom. The van der Waals surface area contributed by atoms with E-state index in [0.29, 0.717) is 12.0 Å². The zero-order chi connectivity index (χ0) is 13.9. The summed E-state index contributed by atoms with van der Waals surface area (Å²) in [6.07, 6.45) is 0. The van der Waals surface area contributed by atoms with Crippen molar-refractivity contribution in [1.29, 1.82) is 0 Å². The lowest BCUT2D eigenvalue weighted by Crippen LogP contribution is -2.50. The third-order valence-corrected chi connectivity index (χ3v) is 4.82. The molecular weight excluding hydrogens is 246 g/mol. The fourth-order valence-electron chi connectivity index (χ4n) is 3.52. The van der Waals surface area contributed by atoms with Gasteiger partial charge in [-0.25, -0.2) is 0 Å². The van der Waals surface area contributed by atoms with E-state index in [9.17, 15) is 0 Å². The Kier molecular flexibility index (Phi) is 4.39. The average molecular weight is 273 g/mol. The quantitative estimate of drug-likeness (QED) is 0.907. The Hall–Kier alpha value is -0.900. The van der Waals surface area contributed by atoms with Crippen LogP contribution in [0.5, 0.6) is 0 Å². The molecule has 110 valence electrons. The van der Waals surface area contributed by atoms with Crippen molar-refractivity contribution in [3.63, 3.8) is 0 Å². The van der Waals surface area contributed by atoms with Crippen LogP contribution in [-0.4, -0.2) is 55.1 Å². The van der Waals surface area contributed by atoms with Crippen LogP contribution in [0.3, 0.4) is 0 Å². The molecule has 0 aromatic heterocycles. The topological polar surface area (TPSA) is 18.5 Å². The summed E-state index contributed by atoms with van der Waals surface area (Å²) in [7, 11) is 0. The highest BCUT2D eigenvalue weighted by atomic mass is 15.3. The molecule has 3 rings (SSSR count). The molecule has 3 nitrogen and oxygen atoms in total. The molecule has 1 unspecified atom stereocenters. The van der Waals surface area contributed by atoms with Crippen LogP contribution in [-0.2, 0) is 6.54 Å². The van der Waals surface area contributed by atoms with Crippen molar-refractivity contribution in [2.45, 2.75) is 32.4 Å². The fourth-order valence-corrected chi connectivity index (χ4v) is 3.52. The number of rotatable bonds is 3. The monoisotopic (exact) mass is 273 g/mol. The van der Waals surface area contributed by atoms with E-state index < -0.39 is 0 Å². The summed E-state index contributed by atoms with van der Waals surface area (Å²) >= 11 is 0. The van der Waals surface area contributed by atoms with Gasteiger partial charge in [-0.05, 0) is 25.0 Å². The lowest BCUT2D eigenvalue weighted by Gasteiger charge is -2.39. The molecule has 0 spiro atoms. The molecule has 1 atom stereocenters. The van der Waals surface area contributed by atoms with Crippen molar-refractivity contribution in [2.24, 2.45) is 0 Å². The molecule has 1 N–H and O–H groups in total. The van der Waals surface area contributed by atoms with Crippen LogP contribution in [0, 0.1) is 0 Å². The van der Waals surface area contributed by atoms with E-state index in [4.69, 9.17) is 0 Å². The zero-order valence-corrected chi connectivity index (χ0v) is 12.8. The number of nitrogens with zero attached hydrogens (tertiary/aromatic N) is 2. The van der Waals surface area contributed by atoms with Gasteiger partial charge in [0.25, 0.3) is 0 Å². The first-order valence-corrected chi connectivity index (χ1v) is 7.99. The highest BCUT2D eigenvalue weighted by molar-refractivity contribution is 5.32. The molecule has 20 heavy (non-hydrogen) atoms. The summed E-state index contributed by atoms with van der Waals surface area (Å²) < 4.78 is 0. The number of fused-ring (bicyclic) bond motifs is 1. The average Bonchev–Trinajstić information content (AvgIpc) is 2.48. The summed E-state index contributed by atoms with van der Waals surface area (Å²) in [6.45, 7) is 12.9. The normalized spacial score (nSPS) is 24.9. The Labute approximate surface area is 123 Å². The number of hydrogen-bond donors (Lipinski definition) is 1. The smallest absolute Gasteiger partial charge is 0.0208 e. The number of hydrogen-bond acceptors (Lipinski definition) is 3. The van der Waals surface area contributed by atoms with Crippen LogP contribution < -0.4 is 5.32 Å². The van der Waals surface area contributed by atoms with Gasteiger partial charge in [-0.2, -0.15) is 0 Å². The van der Waals surface area contributed by atoms with Gasteiger partial charge in [0, 0.05) is 57.8 Å². The van der Waals surface area contributed by atoms with Crippen molar-refractivity contribution in [1.82, 2.24) is 15.1 Å². The Morgan fingerprint density at radius 1 is 1.15 bits per heavy atom. The molecule has 2 aliphatic heterocycles. The van der Waals surface area contributed by atoms with Crippen molar-refractivity contribution in [3.05, 3.63) is 35.4 Å². The lowest BCUT2D eigenvalue weighted by atomic mass is 9.90. The second kappa shape index (κ2) is 6.25. The molecule has 1 aromatic rings. The molecule has 2 aliphatic rings. The largest absolute Gasteiger partial charge is 0.312 e. The molecule has 0 saturated carbocycles. The first kappa shape index (κ1) is 14.1. The molecule has 0 amide bonds. The van der Waals surface area contributed by atoms with Crippen LogP contribution in [0.15, 0.2) is 24.3 Å². The molecular formula is C17H27N3. The standard InChI is InChI=1S/C17H27N3/c1-14(2)20-9-7-19(8-10-20)13-16-12-18-11-15-5-3-4-6-17(15)16/h3-6,14,16,18H,7-13H2,1-2H3. The zero-order valence-electron chi connectivity index (χ0n) is 12.8. The lowest BCUT2D eigenvalue weighted by molar-refractivity contribution is 0.103. The third-order valence-electron chi connectivity index (χ3n) is 4.82. The molecule has 0 radical (unpaired) electrons. The molecule has 0 aliphatic carbocycles. The van der Waals surface area contributed by atoms with Gasteiger partial charge in [-0.1, -0.05) is 24.3 Å². The molecule has 3 heteroatoms.